The first-order valence-electron chi connectivity index (χ1n) is 5.11. The molecule has 2 unspecified atom stereocenters. The van der Waals surface area contributed by atoms with Crippen LogP contribution in [0.25, 0.3) is 0 Å². The van der Waals surface area contributed by atoms with Gasteiger partial charge in [0, 0.05) is 0 Å². The van der Waals surface area contributed by atoms with Crippen LogP contribution >= 0.6 is 11.3 Å². The average molecular weight is 241 g/mol. The first kappa shape index (κ1) is 12.7. The quantitative estimate of drug-likeness (QED) is 0.826. The van der Waals surface area contributed by atoms with E-state index in [2.05, 4.69) is 5.32 Å². The number of hydrogen-bond acceptors (Lipinski definition) is 3. The molecular weight excluding hydrogens is 226 g/mol. The highest BCUT2D eigenvalue weighted by atomic mass is 32.1. The molecule has 1 rings (SSSR count). The summed E-state index contributed by atoms with van der Waals surface area (Å²) in [4.78, 5) is 22.5. The van der Waals surface area contributed by atoms with E-state index in [1.807, 2.05) is 16.8 Å². The third kappa shape index (κ3) is 3.06. The van der Waals surface area contributed by atoms with Gasteiger partial charge in [-0.1, -0.05) is 6.92 Å². The first-order chi connectivity index (χ1) is 7.56. The van der Waals surface area contributed by atoms with Gasteiger partial charge in [0.1, 0.15) is 6.04 Å². The number of carbonyl (C=O) groups excluding carboxylic acids is 1. The molecular formula is C11H15NO3S. The number of thiophene rings is 1. The number of carboxylic acids is 1. The summed E-state index contributed by atoms with van der Waals surface area (Å²) in [5, 5.41) is 15.1. The predicted octanol–water partition coefficient (Wildman–Crippen LogP) is 1.83. The summed E-state index contributed by atoms with van der Waals surface area (Å²) < 4.78 is 0. The molecule has 5 heteroatoms. The third-order valence-corrected chi connectivity index (χ3v) is 3.16. The molecule has 0 aliphatic heterocycles. The van der Waals surface area contributed by atoms with Crippen molar-refractivity contribution in [3.63, 3.8) is 0 Å². The summed E-state index contributed by atoms with van der Waals surface area (Å²) in [6.45, 7) is 3.50. The van der Waals surface area contributed by atoms with E-state index >= 15 is 0 Å². The minimum absolute atomic E-state index is 0.243. The monoisotopic (exact) mass is 241 g/mol. The Morgan fingerprint density at radius 2 is 2.25 bits per heavy atom. The van der Waals surface area contributed by atoms with Crippen molar-refractivity contribution in [1.82, 2.24) is 5.32 Å². The predicted molar refractivity (Wildman–Crippen MR) is 62.6 cm³/mol. The van der Waals surface area contributed by atoms with Crippen LogP contribution in [0.5, 0.6) is 0 Å². The lowest BCUT2D eigenvalue weighted by molar-refractivity contribution is -0.142. The highest BCUT2D eigenvalue weighted by molar-refractivity contribution is 7.08. The van der Waals surface area contributed by atoms with Crippen LogP contribution in [0.1, 0.15) is 31.7 Å². The summed E-state index contributed by atoms with van der Waals surface area (Å²) in [5.74, 6) is -1.54. The molecule has 1 aromatic heterocycles. The number of carbonyl (C=O) groups is 2. The first-order valence-corrected chi connectivity index (χ1v) is 6.05. The number of amides is 1. The van der Waals surface area contributed by atoms with Crippen molar-refractivity contribution in [3.05, 3.63) is 22.4 Å². The Kier molecular flexibility index (Phi) is 4.49. The fraction of sp³-hybridized carbons (Fsp3) is 0.455. The second-order valence-corrected chi connectivity index (χ2v) is 4.37. The van der Waals surface area contributed by atoms with Gasteiger partial charge < -0.3 is 10.4 Å². The SMILES string of the molecule is CCC(NC(=O)C(C)c1ccsc1)C(=O)O. The lowest BCUT2D eigenvalue weighted by atomic mass is 10.0. The molecule has 1 heterocycles. The van der Waals surface area contributed by atoms with Gasteiger partial charge in [0.05, 0.1) is 5.92 Å². The Morgan fingerprint density at radius 3 is 2.69 bits per heavy atom. The van der Waals surface area contributed by atoms with Gasteiger partial charge in [-0.05, 0) is 35.7 Å². The van der Waals surface area contributed by atoms with E-state index in [1.165, 1.54) is 11.3 Å². The normalized spacial score (nSPS) is 14.1. The fourth-order valence-electron chi connectivity index (χ4n) is 1.31. The molecule has 0 aromatic carbocycles. The van der Waals surface area contributed by atoms with E-state index in [0.29, 0.717) is 6.42 Å². The minimum atomic E-state index is -0.992. The van der Waals surface area contributed by atoms with Gasteiger partial charge >= 0.3 is 5.97 Å². The summed E-state index contributed by atoms with van der Waals surface area (Å²) in [6, 6.07) is 1.07. The van der Waals surface area contributed by atoms with Gasteiger partial charge in [-0.2, -0.15) is 11.3 Å². The van der Waals surface area contributed by atoms with Crippen LogP contribution in [0.4, 0.5) is 0 Å². The maximum atomic E-state index is 11.7. The van der Waals surface area contributed by atoms with Gasteiger partial charge in [0.2, 0.25) is 5.91 Å². The highest BCUT2D eigenvalue weighted by Crippen LogP contribution is 2.18. The Morgan fingerprint density at radius 1 is 1.56 bits per heavy atom. The highest BCUT2D eigenvalue weighted by Gasteiger charge is 2.22. The molecule has 2 atom stereocenters. The minimum Gasteiger partial charge on any atom is -0.480 e. The largest absolute Gasteiger partial charge is 0.480 e. The Balaban J connectivity index is 2.61. The average Bonchev–Trinajstić information content (AvgIpc) is 2.77. The van der Waals surface area contributed by atoms with Gasteiger partial charge in [0.15, 0.2) is 0 Å². The molecule has 0 saturated heterocycles. The molecule has 16 heavy (non-hydrogen) atoms. The van der Waals surface area contributed by atoms with Crippen LogP contribution in [0.3, 0.4) is 0 Å². The second-order valence-electron chi connectivity index (χ2n) is 3.59. The Labute approximate surface area is 98.3 Å². The van der Waals surface area contributed by atoms with Crippen LogP contribution in [0.15, 0.2) is 16.8 Å². The van der Waals surface area contributed by atoms with E-state index in [1.54, 1.807) is 13.8 Å². The van der Waals surface area contributed by atoms with Gasteiger partial charge in [-0.15, -0.1) is 0 Å². The van der Waals surface area contributed by atoms with Gasteiger partial charge in [-0.25, -0.2) is 4.79 Å². The smallest absolute Gasteiger partial charge is 0.326 e. The van der Waals surface area contributed by atoms with E-state index in [0.717, 1.165) is 5.56 Å². The van der Waals surface area contributed by atoms with E-state index in [4.69, 9.17) is 5.11 Å². The maximum Gasteiger partial charge on any atom is 0.326 e. The molecule has 0 bridgehead atoms. The maximum absolute atomic E-state index is 11.7. The zero-order valence-corrected chi connectivity index (χ0v) is 10.1. The molecule has 0 spiro atoms. The molecule has 0 fully saturated rings. The topological polar surface area (TPSA) is 66.4 Å². The third-order valence-electron chi connectivity index (χ3n) is 2.46. The summed E-state index contributed by atoms with van der Waals surface area (Å²) in [7, 11) is 0. The molecule has 88 valence electrons. The molecule has 4 nitrogen and oxygen atoms in total. The second kappa shape index (κ2) is 5.65. The van der Waals surface area contributed by atoms with Crippen molar-refractivity contribution in [2.45, 2.75) is 32.2 Å². The van der Waals surface area contributed by atoms with Crippen molar-refractivity contribution < 1.29 is 14.7 Å². The molecule has 1 amide bonds. The molecule has 0 radical (unpaired) electrons. The number of rotatable bonds is 5. The molecule has 0 aliphatic carbocycles. The lowest BCUT2D eigenvalue weighted by Crippen LogP contribution is -2.42. The van der Waals surface area contributed by atoms with Gasteiger partial charge in [0.25, 0.3) is 0 Å². The van der Waals surface area contributed by atoms with Crippen molar-refractivity contribution in [3.8, 4) is 0 Å². The lowest BCUT2D eigenvalue weighted by Gasteiger charge is -2.15. The van der Waals surface area contributed by atoms with Crippen molar-refractivity contribution in [1.29, 1.82) is 0 Å². The zero-order valence-electron chi connectivity index (χ0n) is 9.27. The number of hydrogen-bond donors (Lipinski definition) is 2. The van der Waals surface area contributed by atoms with Gasteiger partial charge in [-0.3, -0.25) is 4.79 Å². The standard InChI is InChI=1S/C11H15NO3S/c1-3-9(11(14)15)12-10(13)7(2)8-4-5-16-6-8/h4-7,9H,3H2,1-2H3,(H,12,13)(H,14,15). The van der Waals surface area contributed by atoms with Crippen LogP contribution in [-0.2, 0) is 9.59 Å². The number of aliphatic carboxylic acids is 1. The Hall–Kier alpha value is -1.36. The fourth-order valence-corrected chi connectivity index (χ4v) is 2.06. The molecule has 0 saturated carbocycles. The van der Waals surface area contributed by atoms with Crippen molar-refractivity contribution in [2.24, 2.45) is 0 Å². The summed E-state index contributed by atoms with van der Waals surface area (Å²) >= 11 is 1.52. The van der Waals surface area contributed by atoms with Crippen molar-refractivity contribution in [2.75, 3.05) is 0 Å². The zero-order chi connectivity index (χ0) is 12.1. The van der Waals surface area contributed by atoms with Crippen LogP contribution in [0, 0.1) is 0 Å². The van der Waals surface area contributed by atoms with E-state index in [9.17, 15) is 9.59 Å². The van der Waals surface area contributed by atoms with E-state index < -0.39 is 12.0 Å². The molecule has 1 aromatic rings. The summed E-state index contributed by atoms with van der Waals surface area (Å²) in [6.07, 6.45) is 0.386. The molecule has 2 N–H and O–H groups in total. The number of carboxylic acid groups (broad SMARTS) is 1. The number of nitrogens with one attached hydrogen (secondary N) is 1. The van der Waals surface area contributed by atoms with E-state index in [-0.39, 0.29) is 11.8 Å². The molecule has 0 aliphatic rings. The van der Waals surface area contributed by atoms with Crippen LogP contribution in [-0.4, -0.2) is 23.0 Å². The summed E-state index contributed by atoms with van der Waals surface area (Å²) in [5.41, 5.74) is 0.919. The van der Waals surface area contributed by atoms with Crippen molar-refractivity contribution >= 4 is 23.2 Å². The van der Waals surface area contributed by atoms with Crippen LogP contribution in [0.2, 0.25) is 0 Å². The van der Waals surface area contributed by atoms with Crippen LogP contribution < -0.4 is 5.32 Å². The Bertz CT molecular complexity index is 361.